The lowest BCUT2D eigenvalue weighted by atomic mass is 9.83. The van der Waals surface area contributed by atoms with Gasteiger partial charge in [0.1, 0.15) is 16.8 Å². The van der Waals surface area contributed by atoms with Crippen molar-refractivity contribution in [2.24, 2.45) is 5.73 Å². The maximum Gasteiger partial charge on any atom is 0.319 e. The summed E-state index contributed by atoms with van der Waals surface area (Å²) in [6, 6.07) is 3.38. The number of fused-ring (bicyclic) bond motifs is 1. The highest BCUT2D eigenvalue weighted by molar-refractivity contribution is 14.1. The lowest BCUT2D eigenvalue weighted by molar-refractivity contribution is 0.0698. The summed E-state index contributed by atoms with van der Waals surface area (Å²) in [6.45, 7) is -2.46. The minimum Gasteiger partial charge on any atom is -0.467 e. The van der Waals surface area contributed by atoms with Crippen LogP contribution in [0.25, 0.3) is 11.0 Å². The first-order valence-corrected chi connectivity index (χ1v) is 10.5. The zero-order chi connectivity index (χ0) is 19.8. The summed E-state index contributed by atoms with van der Waals surface area (Å²) in [5.74, 6) is 0.753. The first-order chi connectivity index (χ1) is 13.5. The maximum absolute atomic E-state index is 14.2. The van der Waals surface area contributed by atoms with Gasteiger partial charge in [-0.1, -0.05) is 12.8 Å². The molecule has 28 heavy (non-hydrogen) atoms. The number of nitrogens with one attached hydrogen (secondary N) is 1. The Labute approximate surface area is 179 Å². The number of anilines is 1. The summed E-state index contributed by atoms with van der Waals surface area (Å²) >= 11 is 8.17. The number of hydrogen-bond donors (Lipinski definition) is 2. The second-order valence-corrected chi connectivity index (χ2v) is 8.29. The average molecular weight is 522 g/mol. The van der Waals surface area contributed by atoms with Crippen molar-refractivity contribution in [1.29, 1.82) is 0 Å². The Morgan fingerprint density at radius 3 is 2.82 bits per heavy atom. The van der Waals surface area contributed by atoms with Crippen LogP contribution in [-0.4, -0.2) is 20.6 Å². The van der Waals surface area contributed by atoms with Gasteiger partial charge < -0.3 is 15.5 Å². The smallest absolute Gasteiger partial charge is 0.319 e. The van der Waals surface area contributed by atoms with E-state index in [0.29, 0.717) is 27.1 Å². The van der Waals surface area contributed by atoms with Gasteiger partial charge in [-0.15, -0.1) is 0 Å². The largest absolute Gasteiger partial charge is 0.467 e. The first-order valence-electron chi connectivity index (χ1n) is 9.04. The van der Waals surface area contributed by atoms with Crippen LogP contribution >= 0.6 is 34.2 Å². The molecule has 0 amide bonds. The van der Waals surface area contributed by atoms with Gasteiger partial charge in [0.15, 0.2) is 5.82 Å². The molecule has 3 aromatic heterocycles. The van der Waals surface area contributed by atoms with Crippen LogP contribution in [0.1, 0.15) is 49.6 Å². The highest BCUT2D eigenvalue weighted by Gasteiger charge is 2.34. The highest BCUT2D eigenvalue weighted by atomic mass is 127. The third-order valence-electron chi connectivity index (χ3n) is 5.17. The molecule has 0 aromatic carbocycles. The molecule has 0 spiro atoms. The number of hydrogen-bond acceptors (Lipinski definition) is 5. The Morgan fingerprint density at radius 2 is 2.14 bits per heavy atom. The summed E-state index contributed by atoms with van der Waals surface area (Å²) in [4.78, 5) is 8.43. The van der Waals surface area contributed by atoms with Crippen LogP contribution in [0.4, 0.5) is 14.6 Å². The normalized spacial score (nSPS) is 20.2. The van der Waals surface area contributed by atoms with E-state index in [9.17, 15) is 8.78 Å². The summed E-state index contributed by atoms with van der Waals surface area (Å²) < 4.78 is 35.4. The van der Waals surface area contributed by atoms with E-state index in [1.54, 1.807) is 18.4 Å². The van der Waals surface area contributed by atoms with Crippen LogP contribution in [0.2, 0.25) is 5.28 Å². The maximum atomic E-state index is 14.2. The van der Waals surface area contributed by atoms with Crippen LogP contribution in [-0.2, 0) is 6.54 Å². The molecular formula is C18H19ClF2IN5O. The quantitative estimate of drug-likeness (QED) is 0.353. The number of halogens is 4. The number of nitrogens with two attached hydrogens (primary N) is 1. The third kappa shape index (κ3) is 3.59. The van der Waals surface area contributed by atoms with E-state index in [4.69, 9.17) is 21.8 Å². The van der Waals surface area contributed by atoms with Crippen molar-refractivity contribution >= 4 is 51.0 Å². The van der Waals surface area contributed by atoms with E-state index in [0.717, 1.165) is 30.3 Å². The molecule has 1 aliphatic rings. The lowest BCUT2D eigenvalue weighted by Crippen LogP contribution is -2.33. The van der Waals surface area contributed by atoms with Crippen LogP contribution in [0.15, 0.2) is 22.8 Å². The van der Waals surface area contributed by atoms with Crippen molar-refractivity contribution in [1.82, 2.24) is 14.5 Å². The number of nitrogens with zero attached hydrogens (tertiary/aromatic N) is 3. The van der Waals surface area contributed by atoms with Crippen LogP contribution < -0.4 is 11.1 Å². The fourth-order valence-electron chi connectivity index (χ4n) is 3.91. The number of rotatable bonds is 5. The van der Waals surface area contributed by atoms with Gasteiger partial charge in [0.25, 0.3) is 0 Å². The Balaban J connectivity index is 1.87. The van der Waals surface area contributed by atoms with E-state index < -0.39 is 6.55 Å². The summed E-state index contributed by atoms with van der Waals surface area (Å²) in [6.07, 6.45) is 5.13. The van der Waals surface area contributed by atoms with Crippen molar-refractivity contribution in [3.05, 3.63) is 38.7 Å². The lowest BCUT2D eigenvalue weighted by Gasteiger charge is -2.30. The molecule has 3 aromatic rings. The molecule has 0 saturated heterocycles. The number of alkyl halides is 2. The van der Waals surface area contributed by atoms with Crippen LogP contribution in [0.5, 0.6) is 0 Å². The van der Waals surface area contributed by atoms with E-state index in [1.807, 2.05) is 0 Å². The molecule has 4 rings (SSSR count). The van der Waals surface area contributed by atoms with E-state index in [1.165, 1.54) is 0 Å². The zero-order valence-electron chi connectivity index (χ0n) is 14.8. The molecule has 1 fully saturated rings. The van der Waals surface area contributed by atoms with E-state index in [2.05, 4.69) is 37.9 Å². The highest BCUT2D eigenvalue weighted by Crippen LogP contribution is 2.42. The van der Waals surface area contributed by atoms with Gasteiger partial charge in [-0.05, 0) is 59.2 Å². The van der Waals surface area contributed by atoms with E-state index >= 15 is 0 Å². The Kier molecular flexibility index (Phi) is 5.75. The Hall–Kier alpha value is -1.46. The Bertz CT molecular complexity index is 978. The van der Waals surface area contributed by atoms with Crippen molar-refractivity contribution < 1.29 is 13.2 Å². The first kappa shape index (κ1) is 19.8. The van der Waals surface area contributed by atoms with Gasteiger partial charge in [0, 0.05) is 17.7 Å². The van der Waals surface area contributed by atoms with E-state index in [-0.39, 0.29) is 28.6 Å². The van der Waals surface area contributed by atoms with Crippen molar-refractivity contribution in [2.45, 2.75) is 50.7 Å². The zero-order valence-corrected chi connectivity index (χ0v) is 17.8. The minimum absolute atomic E-state index is 0.00160. The molecule has 1 saturated carbocycles. The van der Waals surface area contributed by atoms with Crippen molar-refractivity contribution in [2.75, 3.05) is 5.32 Å². The van der Waals surface area contributed by atoms with Gasteiger partial charge in [-0.2, -0.15) is 13.8 Å². The molecule has 0 aliphatic heterocycles. The average Bonchev–Trinajstić information content (AvgIpc) is 3.27. The molecular weight excluding hydrogens is 503 g/mol. The molecule has 2 atom stereocenters. The number of aromatic nitrogens is 3. The fraction of sp³-hybridized carbons (Fsp3) is 0.444. The Morgan fingerprint density at radius 1 is 1.36 bits per heavy atom. The topological polar surface area (TPSA) is 81.9 Å². The summed E-state index contributed by atoms with van der Waals surface area (Å²) in [5.41, 5.74) is 7.49. The van der Waals surface area contributed by atoms with Crippen LogP contribution in [0, 0.1) is 3.57 Å². The molecule has 0 radical (unpaired) electrons. The van der Waals surface area contributed by atoms with Gasteiger partial charge in [0.05, 0.1) is 16.4 Å². The summed E-state index contributed by atoms with van der Waals surface area (Å²) in [7, 11) is 0. The fourth-order valence-corrected chi connectivity index (χ4v) is 5.11. The van der Waals surface area contributed by atoms with Gasteiger partial charge in [-0.3, -0.25) is 4.57 Å². The molecule has 3 heterocycles. The molecule has 0 bridgehead atoms. The standard InChI is InChI=1S/C18H19ClF2IN5O/c19-17-25-13-12(22)14(10-5-1-2-6-11(10)23)27(18(20)21)15(13)16(26-17)24-8-9-4-3-7-28-9/h3-4,7,10-11,18H,1-2,5-6,8,23H2,(H,24,25,26)/t10-,11-/m1/s1. The van der Waals surface area contributed by atoms with Gasteiger partial charge >= 0.3 is 6.55 Å². The summed E-state index contributed by atoms with van der Waals surface area (Å²) in [5, 5.41) is 3.06. The van der Waals surface area contributed by atoms with Gasteiger partial charge in [0.2, 0.25) is 5.28 Å². The molecule has 0 unspecified atom stereocenters. The molecule has 1 aliphatic carbocycles. The van der Waals surface area contributed by atoms with Crippen molar-refractivity contribution in [3.63, 3.8) is 0 Å². The molecule has 6 nitrogen and oxygen atoms in total. The van der Waals surface area contributed by atoms with Crippen LogP contribution in [0.3, 0.4) is 0 Å². The van der Waals surface area contributed by atoms with Gasteiger partial charge in [-0.25, -0.2) is 4.98 Å². The monoisotopic (exact) mass is 521 g/mol. The number of furan rings is 1. The molecule has 3 N–H and O–H groups in total. The SMILES string of the molecule is N[C@@H]1CCCC[C@H]1c1c(I)c2nc(Cl)nc(NCc3ccco3)c2n1C(F)F. The molecule has 10 heteroatoms. The minimum atomic E-state index is -2.75. The molecule has 150 valence electrons. The third-order valence-corrected chi connectivity index (χ3v) is 6.40. The second kappa shape index (κ2) is 8.11. The predicted octanol–water partition coefficient (Wildman–Crippen LogP) is 5.27. The second-order valence-electron chi connectivity index (χ2n) is 6.87. The van der Waals surface area contributed by atoms with Crippen molar-refractivity contribution in [3.8, 4) is 0 Å². The predicted molar refractivity (Wildman–Crippen MR) is 112 cm³/mol.